The average molecular weight is 249 g/mol. The third-order valence-corrected chi connectivity index (χ3v) is 2.36. The van der Waals surface area contributed by atoms with Crippen molar-refractivity contribution in [3.8, 4) is 17.4 Å². The van der Waals surface area contributed by atoms with Crippen LogP contribution in [0.2, 0.25) is 0 Å². The zero-order valence-corrected chi connectivity index (χ0v) is 9.98. The molecule has 0 unspecified atom stereocenters. The van der Waals surface area contributed by atoms with E-state index in [1.54, 1.807) is 19.1 Å². The third-order valence-electron chi connectivity index (χ3n) is 2.36. The summed E-state index contributed by atoms with van der Waals surface area (Å²) < 4.78 is 23.8. The molecule has 0 saturated heterocycles. The van der Waals surface area contributed by atoms with Gasteiger partial charge in [-0.25, -0.2) is 9.37 Å². The highest BCUT2D eigenvalue weighted by molar-refractivity contribution is 5.52. The summed E-state index contributed by atoms with van der Waals surface area (Å²) in [6.45, 7) is 1.67. The van der Waals surface area contributed by atoms with Gasteiger partial charge < -0.3 is 15.2 Å². The van der Waals surface area contributed by atoms with Crippen molar-refractivity contribution in [2.75, 3.05) is 12.8 Å². The van der Waals surface area contributed by atoms with E-state index in [1.165, 1.54) is 19.5 Å². The maximum atomic E-state index is 13.4. The molecule has 0 atom stereocenters. The van der Waals surface area contributed by atoms with Crippen LogP contribution in [-0.4, -0.2) is 17.1 Å². The molecule has 0 bridgehead atoms. The SMILES string of the molecule is COc1c(N)ncnc1Oc1ccc(C)c(F)c1. The molecule has 0 fully saturated rings. The predicted molar refractivity (Wildman–Crippen MR) is 64.2 cm³/mol. The Bertz CT molecular complexity index is 575. The number of benzene rings is 1. The van der Waals surface area contributed by atoms with E-state index in [9.17, 15) is 4.39 Å². The maximum absolute atomic E-state index is 13.4. The molecule has 5 nitrogen and oxygen atoms in total. The van der Waals surface area contributed by atoms with E-state index in [2.05, 4.69) is 9.97 Å². The summed E-state index contributed by atoms with van der Waals surface area (Å²) in [6.07, 6.45) is 1.25. The van der Waals surface area contributed by atoms with E-state index >= 15 is 0 Å². The molecule has 0 amide bonds. The number of hydrogen-bond acceptors (Lipinski definition) is 5. The fraction of sp³-hybridized carbons (Fsp3) is 0.167. The molecule has 2 aromatic rings. The number of hydrogen-bond donors (Lipinski definition) is 1. The van der Waals surface area contributed by atoms with E-state index in [0.717, 1.165) is 0 Å². The van der Waals surface area contributed by atoms with Crippen molar-refractivity contribution in [1.82, 2.24) is 9.97 Å². The molecule has 0 saturated carbocycles. The third kappa shape index (κ3) is 2.32. The fourth-order valence-electron chi connectivity index (χ4n) is 1.38. The van der Waals surface area contributed by atoms with Crippen LogP contribution in [0, 0.1) is 12.7 Å². The number of methoxy groups -OCH3 is 1. The molecule has 18 heavy (non-hydrogen) atoms. The molecule has 1 heterocycles. The van der Waals surface area contributed by atoms with Crippen molar-refractivity contribution in [3.05, 3.63) is 35.9 Å². The van der Waals surface area contributed by atoms with E-state index in [-0.39, 0.29) is 23.3 Å². The average Bonchev–Trinajstić information content (AvgIpc) is 2.34. The normalized spacial score (nSPS) is 10.2. The van der Waals surface area contributed by atoms with Crippen LogP contribution in [0.15, 0.2) is 24.5 Å². The second-order valence-corrected chi connectivity index (χ2v) is 3.61. The number of ether oxygens (including phenoxy) is 2. The van der Waals surface area contributed by atoms with Crippen molar-refractivity contribution < 1.29 is 13.9 Å². The molecule has 6 heteroatoms. The van der Waals surface area contributed by atoms with Crippen molar-refractivity contribution in [2.45, 2.75) is 6.92 Å². The summed E-state index contributed by atoms with van der Waals surface area (Å²) >= 11 is 0. The molecule has 1 aromatic heterocycles. The van der Waals surface area contributed by atoms with Gasteiger partial charge in [0.2, 0.25) is 5.75 Å². The Morgan fingerprint density at radius 3 is 2.72 bits per heavy atom. The van der Waals surface area contributed by atoms with Crippen LogP contribution in [0.5, 0.6) is 17.4 Å². The smallest absolute Gasteiger partial charge is 0.268 e. The number of halogens is 1. The van der Waals surface area contributed by atoms with Gasteiger partial charge in [-0.3, -0.25) is 0 Å². The molecule has 2 rings (SSSR count). The molecular weight excluding hydrogens is 237 g/mol. The van der Waals surface area contributed by atoms with Crippen molar-refractivity contribution in [1.29, 1.82) is 0 Å². The van der Waals surface area contributed by atoms with Crippen LogP contribution in [-0.2, 0) is 0 Å². The van der Waals surface area contributed by atoms with E-state index in [0.29, 0.717) is 11.3 Å². The molecule has 0 radical (unpaired) electrons. The minimum absolute atomic E-state index is 0.147. The molecule has 2 N–H and O–H groups in total. The van der Waals surface area contributed by atoms with E-state index in [1.807, 2.05) is 0 Å². The molecule has 0 aliphatic rings. The molecule has 1 aromatic carbocycles. The van der Waals surface area contributed by atoms with Crippen molar-refractivity contribution >= 4 is 5.82 Å². The molecule has 94 valence electrons. The van der Waals surface area contributed by atoms with Crippen LogP contribution in [0.25, 0.3) is 0 Å². The molecule has 0 aliphatic heterocycles. The highest BCUT2D eigenvalue weighted by Gasteiger charge is 2.12. The number of rotatable bonds is 3. The summed E-state index contributed by atoms with van der Waals surface area (Å²) in [4.78, 5) is 7.67. The lowest BCUT2D eigenvalue weighted by atomic mass is 10.2. The van der Waals surface area contributed by atoms with Crippen LogP contribution in [0.1, 0.15) is 5.56 Å². The largest absolute Gasteiger partial charge is 0.489 e. The number of aryl methyl sites for hydroxylation is 1. The second-order valence-electron chi connectivity index (χ2n) is 3.61. The summed E-state index contributed by atoms with van der Waals surface area (Å²) in [6, 6.07) is 4.52. The molecule has 0 spiro atoms. The standard InChI is InChI=1S/C12H12FN3O2/c1-7-3-4-8(5-9(7)13)18-12-10(17-2)11(14)15-6-16-12/h3-6H,1-2H3,(H2,14,15,16). The van der Waals surface area contributed by atoms with Crippen LogP contribution >= 0.6 is 0 Å². The van der Waals surface area contributed by atoms with Gasteiger partial charge in [0.05, 0.1) is 7.11 Å². The summed E-state index contributed by atoms with van der Waals surface area (Å²) in [5.74, 6) is 0.491. The van der Waals surface area contributed by atoms with Gasteiger partial charge in [0, 0.05) is 6.07 Å². The van der Waals surface area contributed by atoms with Gasteiger partial charge in [-0.05, 0) is 18.6 Å². The highest BCUT2D eigenvalue weighted by Crippen LogP contribution is 2.32. The fourth-order valence-corrected chi connectivity index (χ4v) is 1.38. The van der Waals surface area contributed by atoms with Gasteiger partial charge in [-0.2, -0.15) is 4.98 Å². The summed E-state index contributed by atoms with van der Waals surface area (Å²) in [7, 11) is 1.43. The first kappa shape index (κ1) is 12.1. The monoisotopic (exact) mass is 249 g/mol. The lowest BCUT2D eigenvalue weighted by Crippen LogP contribution is -2.00. The minimum atomic E-state index is -0.353. The Hall–Kier alpha value is -2.37. The van der Waals surface area contributed by atoms with Crippen molar-refractivity contribution in [2.24, 2.45) is 0 Å². The number of nitrogens with zero attached hydrogens (tertiary/aromatic N) is 2. The number of nitrogens with two attached hydrogens (primary N) is 1. The van der Waals surface area contributed by atoms with Crippen LogP contribution in [0.3, 0.4) is 0 Å². The van der Waals surface area contributed by atoms with Crippen molar-refractivity contribution in [3.63, 3.8) is 0 Å². The zero-order valence-electron chi connectivity index (χ0n) is 9.98. The van der Waals surface area contributed by atoms with Gasteiger partial charge in [0.25, 0.3) is 5.88 Å². The number of nitrogen functional groups attached to an aromatic ring is 1. The van der Waals surface area contributed by atoms with Gasteiger partial charge >= 0.3 is 0 Å². The predicted octanol–water partition coefficient (Wildman–Crippen LogP) is 2.31. The molecule has 0 aliphatic carbocycles. The summed E-state index contributed by atoms with van der Waals surface area (Å²) in [5.41, 5.74) is 6.15. The Labute approximate surface area is 103 Å². The zero-order chi connectivity index (χ0) is 13.1. The van der Waals surface area contributed by atoms with Gasteiger partial charge in [0.15, 0.2) is 5.82 Å². The number of aromatic nitrogens is 2. The van der Waals surface area contributed by atoms with Gasteiger partial charge in [-0.15, -0.1) is 0 Å². The molecular formula is C12H12FN3O2. The van der Waals surface area contributed by atoms with Gasteiger partial charge in [0.1, 0.15) is 17.9 Å². The summed E-state index contributed by atoms with van der Waals surface area (Å²) in [5, 5.41) is 0. The Kier molecular flexibility index (Phi) is 3.27. The number of anilines is 1. The Balaban J connectivity index is 2.34. The maximum Gasteiger partial charge on any atom is 0.268 e. The first-order chi connectivity index (χ1) is 8.61. The highest BCUT2D eigenvalue weighted by atomic mass is 19.1. The minimum Gasteiger partial charge on any atom is -0.489 e. The van der Waals surface area contributed by atoms with E-state index < -0.39 is 0 Å². The van der Waals surface area contributed by atoms with Crippen LogP contribution in [0.4, 0.5) is 10.2 Å². The first-order valence-corrected chi connectivity index (χ1v) is 5.20. The van der Waals surface area contributed by atoms with E-state index in [4.69, 9.17) is 15.2 Å². The van der Waals surface area contributed by atoms with Gasteiger partial charge in [-0.1, -0.05) is 6.07 Å². The Morgan fingerprint density at radius 1 is 1.28 bits per heavy atom. The van der Waals surface area contributed by atoms with Crippen LogP contribution < -0.4 is 15.2 Å². The Morgan fingerprint density at radius 2 is 2.06 bits per heavy atom. The second kappa shape index (κ2) is 4.87. The quantitative estimate of drug-likeness (QED) is 0.903. The topological polar surface area (TPSA) is 70.3 Å². The first-order valence-electron chi connectivity index (χ1n) is 5.20. The lowest BCUT2D eigenvalue weighted by molar-refractivity contribution is 0.368. The lowest BCUT2D eigenvalue weighted by Gasteiger charge is -2.10.